The molecule has 0 amide bonds. The Morgan fingerprint density at radius 3 is 3.00 bits per heavy atom. The molecule has 1 heterocycles. The lowest BCUT2D eigenvalue weighted by atomic mass is 10.1. The summed E-state index contributed by atoms with van der Waals surface area (Å²) >= 11 is 0. The Morgan fingerprint density at radius 1 is 1.56 bits per heavy atom. The molecule has 1 aliphatic rings. The second-order valence-corrected chi connectivity index (χ2v) is 3.08. The number of anilines is 1. The van der Waals surface area contributed by atoms with Gasteiger partial charge in [0, 0.05) is 12.1 Å². The number of carbonyl (C=O) groups excluding carboxylic acids is 1. The summed E-state index contributed by atoms with van der Waals surface area (Å²) in [6, 6.07) is -0.0466. The maximum absolute atomic E-state index is 12.9. The van der Waals surface area contributed by atoms with Crippen molar-refractivity contribution in [2.45, 2.75) is 12.6 Å². The van der Waals surface area contributed by atoms with Crippen LogP contribution in [-0.4, -0.2) is 22.7 Å². The number of allylic oxidation sites excluding steroid dienone is 3. The first-order valence-corrected chi connectivity index (χ1v) is 4.46. The van der Waals surface area contributed by atoms with Crippen LogP contribution in [0.4, 0.5) is 14.8 Å². The van der Waals surface area contributed by atoms with E-state index in [4.69, 9.17) is 4.42 Å². The Balaban J connectivity index is 2.08. The topological polar surface area (TPSA) is 68.0 Å². The molecule has 1 aromatic rings. The first-order valence-electron chi connectivity index (χ1n) is 4.46. The van der Waals surface area contributed by atoms with E-state index < -0.39 is 12.0 Å². The number of alkyl halides is 1. The van der Waals surface area contributed by atoms with E-state index >= 15 is 0 Å². The molecule has 0 radical (unpaired) electrons. The highest BCUT2D eigenvalue weighted by Crippen LogP contribution is 2.22. The molecule has 0 fully saturated rings. The lowest BCUT2D eigenvalue weighted by Crippen LogP contribution is -2.08. The molecule has 0 saturated carbocycles. The number of hydrogen-bond acceptors (Lipinski definition) is 5. The van der Waals surface area contributed by atoms with Gasteiger partial charge in [-0.1, -0.05) is 11.2 Å². The van der Waals surface area contributed by atoms with E-state index in [1.54, 1.807) is 0 Å². The highest BCUT2D eigenvalue weighted by atomic mass is 19.2. The van der Waals surface area contributed by atoms with Crippen LogP contribution < -0.4 is 5.32 Å². The fraction of sp³-hybridized carbons (Fsp3) is 0.222. The number of hydrogen-bond donors (Lipinski definition) is 1. The number of nitrogens with zero attached hydrogens (tertiary/aromatic N) is 2. The van der Waals surface area contributed by atoms with E-state index in [2.05, 4.69) is 15.5 Å². The molecule has 1 N–H and O–H groups in total. The molecule has 1 atom stereocenters. The lowest BCUT2D eigenvalue weighted by Gasteiger charge is -2.11. The van der Waals surface area contributed by atoms with Crippen molar-refractivity contribution in [1.29, 1.82) is 0 Å². The monoisotopic (exact) mass is 227 g/mol. The Hall–Kier alpha value is -2.05. The number of aldehydes is 1. The van der Waals surface area contributed by atoms with E-state index in [-0.39, 0.29) is 18.3 Å². The number of aromatic nitrogens is 2. The number of rotatable bonds is 3. The summed E-state index contributed by atoms with van der Waals surface area (Å²) in [5.74, 6) is -1.05. The van der Waals surface area contributed by atoms with Gasteiger partial charge < -0.3 is 9.73 Å². The van der Waals surface area contributed by atoms with E-state index in [0.29, 0.717) is 12.0 Å². The quantitative estimate of drug-likeness (QED) is 0.797. The maximum Gasteiger partial charge on any atom is 0.320 e. The summed E-state index contributed by atoms with van der Waals surface area (Å²) in [6.07, 6.45) is 1.19. The molecular formula is C9H7F2N3O2. The summed E-state index contributed by atoms with van der Waals surface area (Å²) in [6.45, 7) is 0. The van der Waals surface area contributed by atoms with Crippen molar-refractivity contribution in [3.63, 3.8) is 0 Å². The van der Waals surface area contributed by atoms with Gasteiger partial charge in [-0.05, 0) is 6.08 Å². The van der Waals surface area contributed by atoms with Gasteiger partial charge in [-0.3, -0.25) is 4.79 Å². The zero-order valence-electron chi connectivity index (χ0n) is 7.98. The second-order valence-electron chi connectivity index (χ2n) is 3.08. The first kappa shape index (κ1) is 10.5. The van der Waals surface area contributed by atoms with Gasteiger partial charge in [0.2, 0.25) is 6.29 Å². The van der Waals surface area contributed by atoms with Crippen molar-refractivity contribution in [3.8, 4) is 0 Å². The average Bonchev–Trinajstić information content (AvgIpc) is 2.71. The van der Waals surface area contributed by atoms with Crippen molar-refractivity contribution in [3.05, 3.63) is 29.6 Å². The highest BCUT2D eigenvalue weighted by molar-refractivity contribution is 5.67. The van der Waals surface area contributed by atoms with Crippen LogP contribution in [0.25, 0.3) is 0 Å². The molecular weight excluding hydrogens is 220 g/mol. The van der Waals surface area contributed by atoms with Gasteiger partial charge in [0.25, 0.3) is 5.89 Å². The minimum Gasteiger partial charge on any atom is -0.400 e. The molecule has 5 nitrogen and oxygen atoms in total. The normalized spacial score (nSPS) is 20.0. The van der Waals surface area contributed by atoms with Crippen LogP contribution >= 0.6 is 0 Å². The summed E-state index contributed by atoms with van der Waals surface area (Å²) in [7, 11) is 0. The van der Waals surface area contributed by atoms with Gasteiger partial charge in [0.05, 0.1) is 0 Å². The maximum atomic E-state index is 12.9. The predicted octanol–water partition coefficient (Wildman–Crippen LogP) is 1.77. The van der Waals surface area contributed by atoms with Crippen molar-refractivity contribution >= 4 is 12.3 Å². The van der Waals surface area contributed by atoms with E-state index in [9.17, 15) is 13.6 Å². The van der Waals surface area contributed by atoms with Crippen molar-refractivity contribution in [2.24, 2.45) is 0 Å². The molecule has 84 valence electrons. The van der Waals surface area contributed by atoms with Crippen LogP contribution in [0, 0.1) is 0 Å². The molecule has 1 unspecified atom stereocenters. The van der Waals surface area contributed by atoms with Crippen LogP contribution in [0.5, 0.6) is 0 Å². The van der Waals surface area contributed by atoms with Crippen LogP contribution in [0.15, 0.2) is 28.1 Å². The molecule has 16 heavy (non-hydrogen) atoms. The molecule has 1 aliphatic carbocycles. The predicted molar refractivity (Wildman–Crippen MR) is 50.1 cm³/mol. The Morgan fingerprint density at radius 2 is 2.38 bits per heavy atom. The van der Waals surface area contributed by atoms with E-state index in [0.717, 1.165) is 6.08 Å². The molecule has 0 aliphatic heterocycles. The van der Waals surface area contributed by atoms with Gasteiger partial charge in [-0.25, -0.2) is 8.78 Å². The SMILES string of the molecule is O=Cc1nnc(NC2=CCC(F)C(F)=C2)o1. The molecule has 7 heteroatoms. The Kier molecular flexibility index (Phi) is 2.76. The van der Waals surface area contributed by atoms with Gasteiger partial charge in [0.1, 0.15) is 5.83 Å². The minimum absolute atomic E-state index is 0.0466. The summed E-state index contributed by atoms with van der Waals surface area (Å²) in [4.78, 5) is 10.2. The molecule has 0 bridgehead atoms. The third-order valence-corrected chi connectivity index (χ3v) is 1.93. The fourth-order valence-electron chi connectivity index (χ4n) is 1.18. The summed E-state index contributed by atoms with van der Waals surface area (Å²) in [5, 5.41) is 9.42. The molecule has 0 spiro atoms. The fourth-order valence-corrected chi connectivity index (χ4v) is 1.18. The largest absolute Gasteiger partial charge is 0.400 e. The first-order chi connectivity index (χ1) is 7.69. The number of nitrogens with one attached hydrogen (secondary N) is 1. The van der Waals surface area contributed by atoms with Crippen molar-refractivity contribution in [1.82, 2.24) is 10.2 Å². The van der Waals surface area contributed by atoms with Crippen molar-refractivity contribution in [2.75, 3.05) is 5.32 Å². The molecule has 0 saturated heterocycles. The average molecular weight is 227 g/mol. The third-order valence-electron chi connectivity index (χ3n) is 1.93. The van der Waals surface area contributed by atoms with Crippen LogP contribution in [0.1, 0.15) is 17.1 Å². The molecule has 1 aromatic heterocycles. The lowest BCUT2D eigenvalue weighted by molar-refractivity contribution is 0.109. The molecule has 0 aromatic carbocycles. The smallest absolute Gasteiger partial charge is 0.320 e. The van der Waals surface area contributed by atoms with Crippen LogP contribution in [0.3, 0.4) is 0 Å². The second kappa shape index (κ2) is 4.21. The summed E-state index contributed by atoms with van der Waals surface area (Å²) in [5.41, 5.74) is 0.312. The van der Waals surface area contributed by atoms with Gasteiger partial charge in [0.15, 0.2) is 6.17 Å². The van der Waals surface area contributed by atoms with Gasteiger partial charge >= 0.3 is 6.01 Å². The van der Waals surface area contributed by atoms with Crippen molar-refractivity contribution < 1.29 is 18.0 Å². The Bertz CT molecular complexity index is 467. The van der Waals surface area contributed by atoms with Gasteiger partial charge in [-0.2, -0.15) is 0 Å². The van der Waals surface area contributed by atoms with E-state index in [1.165, 1.54) is 6.08 Å². The summed E-state index contributed by atoms with van der Waals surface area (Å²) < 4.78 is 30.4. The minimum atomic E-state index is -1.60. The zero-order valence-corrected chi connectivity index (χ0v) is 7.98. The number of carbonyl (C=O) groups is 1. The van der Waals surface area contributed by atoms with Crippen LogP contribution in [0.2, 0.25) is 0 Å². The Labute approximate surface area is 88.8 Å². The van der Waals surface area contributed by atoms with Crippen LogP contribution in [-0.2, 0) is 0 Å². The van der Waals surface area contributed by atoms with Gasteiger partial charge in [-0.15, -0.1) is 5.10 Å². The highest BCUT2D eigenvalue weighted by Gasteiger charge is 2.17. The third kappa shape index (κ3) is 2.13. The standard InChI is InChI=1S/C9H7F2N3O2/c10-6-2-1-5(3-7(6)11)12-9-14-13-8(4-15)16-9/h1,3-4,6H,2H2,(H,12,14). The van der Waals surface area contributed by atoms with E-state index in [1.807, 2.05) is 0 Å². The zero-order chi connectivity index (χ0) is 11.5. The number of halogens is 2. The molecule has 2 rings (SSSR count).